The number of phenols is 1. The van der Waals surface area contributed by atoms with E-state index in [1.54, 1.807) is 5.38 Å². The normalized spacial score (nSPS) is 10.2. The lowest BCUT2D eigenvalue weighted by atomic mass is 10.1. The molecule has 80 valence electrons. The van der Waals surface area contributed by atoms with Crippen molar-refractivity contribution in [2.45, 2.75) is 6.42 Å². The second kappa shape index (κ2) is 3.83. The number of hydrogen-bond acceptors (Lipinski definition) is 4. The van der Waals surface area contributed by atoms with E-state index in [-0.39, 0.29) is 12.2 Å². The van der Waals surface area contributed by atoms with Crippen LogP contribution in [-0.4, -0.2) is 16.2 Å². The van der Waals surface area contributed by atoms with Crippen molar-refractivity contribution in [1.29, 1.82) is 5.26 Å². The summed E-state index contributed by atoms with van der Waals surface area (Å²) >= 11 is 1.33. The number of carbonyl (C=O) groups is 1. The number of fused-ring (bicyclic) bond motifs is 1. The van der Waals surface area contributed by atoms with Crippen molar-refractivity contribution in [3.8, 4) is 11.8 Å². The van der Waals surface area contributed by atoms with Crippen molar-refractivity contribution in [3.63, 3.8) is 0 Å². The van der Waals surface area contributed by atoms with E-state index in [9.17, 15) is 9.90 Å². The molecule has 0 saturated heterocycles. The quantitative estimate of drug-likeness (QED) is 0.832. The number of aliphatic carboxylic acids is 1. The third-order valence-electron chi connectivity index (χ3n) is 2.20. The van der Waals surface area contributed by atoms with E-state index in [1.165, 1.54) is 23.5 Å². The summed E-state index contributed by atoms with van der Waals surface area (Å²) < 4.78 is 0.729. The smallest absolute Gasteiger partial charge is 0.307 e. The minimum Gasteiger partial charge on any atom is -0.508 e. The molecule has 16 heavy (non-hydrogen) atoms. The molecule has 1 aromatic carbocycles. The number of aromatic hydroxyl groups is 1. The lowest BCUT2D eigenvalue weighted by Gasteiger charge is -1.99. The Morgan fingerprint density at radius 3 is 2.88 bits per heavy atom. The summed E-state index contributed by atoms with van der Waals surface area (Å²) in [5.41, 5.74) is 0.927. The Bertz CT molecular complexity index is 609. The van der Waals surface area contributed by atoms with Gasteiger partial charge in [0.1, 0.15) is 5.75 Å². The SMILES string of the molecule is N#Cc1cc(O)cc2scc(CC(=O)O)c12. The fraction of sp³-hybridized carbons (Fsp3) is 0.0909. The molecule has 0 spiro atoms. The highest BCUT2D eigenvalue weighted by Gasteiger charge is 2.12. The number of rotatable bonds is 2. The fourth-order valence-electron chi connectivity index (χ4n) is 1.60. The molecular formula is C11H7NO3S. The lowest BCUT2D eigenvalue weighted by molar-refractivity contribution is -0.136. The predicted molar refractivity (Wildman–Crippen MR) is 59.5 cm³/mol. The van der Waals surface area contributed by atoms with Gasteiger partial charge in [0.25, 0.3) is 0 Å². The van der Waals surface area contributed by atoms with Crippen LogP contribution >= 0.6 is 11.3 Å². The van der Waals surface area contributed by atoms with Crippen LogP contribution < -0.4 is 0 Å². The van der Waals surface area contributed by atoms with Gasteiger partial charge in [-0.1, -0.05) is 0 Å². The first-order valence-electron chi connectivity index (χ1n) is 4.47. The molecule has 0 amide bonds. The molecule has 1 heterocycles. The summed E-state index contributed by atoms with van der Waals surface area (Å²) in [5.74, 6) is -0.913. The van der Waals surface area contributed by atoms with E-state index in [0.29, 0.717) is 16.5 Å². The fourth-order valence-corrected chi connectivity index (χ4v) is 2.62. The molecule has 0 fully saturated rings. The summed E-state index contributed by atoms with van der Waals surface area (Å²) in [6.07, 6.45) is -0.112. The van der Waals surface area contributed by atoms with Crippen LogP contribution in [0.1, 0.15) is 11.1 Å². The Labute approximate surface area is 95.0 Å². The molecule has 5 heteroatoms. The van der Waals surface area contributed by atoms with E-state index in [0.717, 1.165) is 4.70 Å². The first-order chi connectivity index (χ1) is 7.61. The number of nitriles is 1. The van der Waals surface area contributed by atoms with E-state index in [1.807, 2.05) is 6.07 Å². The van der Waals surface area contributed by atoms with Gasteiger partial charge in [-0.25, -0.2) is 0 Å². The van der Waals surface area contributed by atoms with Crippen LogP contribution in [0.4, 0.5) is 0 Å². The Kier molecular flexibility index (Phi) is 2.50. The van der Waals surface area contributed by atoms with Gasteiger partial charge in [-0.3, -0.25) is 4.79 Å². The highest BCUT2D eigenvalue weighted by Crippen LogP contribution is 2.32. The van der Waals surface area contributed by atoms with Gasteiger partial charge < -0.3 is 10.2 Å². The maximum atomic E-state index is 10.6. The van der Waals surface area contributed by atoms with Crippen molar-refractivity contribution < 1.29 is 15.0 Å². The number of carboxylic acid groups (broad SMARTS) is 1. The summed E-state index contributed by atoms with van der Waals surface area (Å²) in [4.78, 5) is 10.6. The molecule has 0 aliphatic carbocycles. The average molecular weight is 233 g/mol. The zero-order valence-corrected chi connectivity index (χ0v) is 8.91. The topological polar surface area (TPSA) is 81.3 Å². The molecule has 0 aliphatic rings. The summed E-state index contributed by atoms with van der Waals surface area (Å²) in [5, 5.41) is 29.4. The molecule has 0 radical (unpaired) electrons. The Balaban J connectivity index is 2.70. The molecular weight excluding hydrogens is 226 g/mol. The van der Waals surface area contributed by atoms with E-state index in [4.69, 9.17) is 10.4 Å². The highest BCUT2D eigenvalue weighted by molar-refractivity contribution is 7.17. The van der Waals surface area contributed by atoms with Crippen molar-refractivity contribution in [3.05, 3.63) is 28.6 Å². The molecule has 0 aliphatic heterocycles. The van der Waals surface area contributed by atoms with E-state index < -0.39 is 5.97 Å². The third kappa shape index (κ3) is 1.71. The van der Waals surface area contributed by atoms with Crippen LogP contribution in [0.15, 0.2) is 17.5 Å². The first kappa shape index (κ1) is 10.5. The van der Waals surface area contributed by atoms with Gasteiger partial charge in [0.2, 0.25) is 0 Å². The van der Waals surface area contributed by atoms with Gasteiger partial charge in [-0.2, -0.15) is 5.26 Å². The van der Waals surface area contributed by atoms with Crippen LogP contribution in [0.3, 0.4) is 0 Å². The maximum absolute atomic E-state index is 10.6. The van der Waals surface area contributed by atoms with Crippen LogP contribution in [0, 0.1) is 11.3 Å². The number of carboxylic acids is 1. The monoisotopic (exact) mass is 233 g/mol. The Morgan fingerprint density at radius 2 is 2.25 bits per heavy atom. The van der Waals surface area contributed by atoms with Crippen LogP contribution in [0.2, 0.25) is 0 Å². The molecule has 0 saturated carbocycles. The Morgan fingerprint density at radius 1 is 1.50 bits per heavy atom. The molecule has 2 N–H and O–H groups in total. The van der Waals surface area contributed by atoms with E-state index >= 15 is 0 Å². The zero-order chi connectivity index (χ0) is 11.7. The lowest BCUT2D eigenvalue weighted by Crippen LogP contribution is -1.99. The second-order valence-electron chi connectivity index (χ2n) is 3.31. The summed E-state index contributed by atoms with van der Waals surface area (Å²) in [6.45, 7) is 0. The van der Waals surface area contributed by atoms with Gasteiger partial charge in [0.05, 0.1) is 18.1 Å². The standard InChI is InChI=1S/C11H7NO3S/c12-4-6-1-8(13)3-9-11(6)7(5-16-9)2-10(14)15/h1,3,5,13H,2H2,(H,14,15). The number of benzene rings is 1. The molecule has 4 nitrogen and oxygen atoms in total. The van der Waals surface area contributed by atoms with Crippen LogP contribution in [-0.2, 0) is 11.2 Å². The van der Waals surface area contributed by atoms with Crippen molar-refractivity contribution in [2.75, 3.05) is 0 Å². The summed E-state index contributed by atoms with van der Waals surface area (Å²) in [7, 11) is 0. The molecule has 1 aromatic heterocycles. The minimum absolute atomic E-state index is 0.0211. The van der Waals surface area contributed by atoms with Crippen molar-refractivity contribution >= 4 is 27.4 Å². The molecule has 0 atom stereocenters. The second-order valence-corrected chi connectivity index (χ2v) is 4.22. The van der Waals surface area contributed by atoms with Gasteiger partial charge >= 0.3 is 5.97 Å². The van der Waals surface area contributed by atoms with Gasteiger partial charge in [-0.15, -0.1) is 11.3 Å². The molecule has 0 unspecified atom stereocenters. The van der Waals surface area contributed by atoms with Gasteiger partial charge in [0, 0.05) is 10.1 Å². The zero-order valence-electron chi connectivity index (χ0n) is 8.10. The minimum atomic E-state index is -0.934. The number of nitrogens with zero attached hydrogens (tertiary/aromatic N) is 1. The number of phenolic OH excluding ortho intramolecular Hbond substituents is 1. The molecule has 2 aromatic rings. The van der Waals surface area contributed by atoms with Gasteiger partial charge in [0.15, 0.2) is 0 Å². The van der Waals surface area contributed by atoms with Gasteiger partial charge in [-0.05, 0) is 23.1 Å². The van der Waals surface area contributed by atoms with Crippen molar-refractivity contribution in [1.82, 2.24) is 0 Å². The highest BCUT2D eigenvalue weighted by atomic mass is 32.1. The number of hydrogen-bond donors (Lipinski definition) is 2. The average Bonchev–Trinajstić information content (AvgIpc) is 2.59. The number of thiophene rings is 1. The van der Waals surface area contributed by atoms with Crippen LogP contribution in [0.25, 0.3) is 10.1 Å². The Hall–Kier alpha value is -2.06. The maximum Gasteiger partial charge on any atom is 0.307 e. The molecule has 0 bridgehead atoms. The van der Waals surface area contributed by atoms with E-state index in [2.05, 4.69) is 0 Å². The predicted octanol–water partition coefficient (Wildman–Crippen LogP) is 2.11. The van der Waals surface area contributed by atoms with Crippen molar-refractivity contribution in [2.24, 2.45) is 0 Å². The first-order valence-corrected chi connectivity index (χ1v) is 5.34. The molecule has 2 rings (SSSR count). The third-order valence-corrected chi connectivity index (χ3v) is 3.18. The van der Waals surface area contributed by atoms with Crippen LogP contribution in [0.5, 0.6) is 5.75 Å². The summed E-state index contributed by atoms with van der Waals surface area (Å²) in [6, 6.07) is 4.85. The largest absolute Gasteiger partial charge is 0.508 e.